The molecule has 0 saturated carbocycles. The molecule has 0 atom stereocenters. The predicted molar refractivity (Wildman–Crippen MR) is 233 cm³/mol. The molecule has 3 aliphatic heterocycles. The molecule has 61 heavy (non-hydrogen) atoms. The Kier molecular flexibility index (Phi) is 15.9. The number of para-hydroxylation sites is 4. The highest BCUT2D eigenvalue weighted by Crippen LogP contribution is 2.39. The average molecular weight is 831 g/mol. The minimum absolute atomic E-state index is 0.394. The van der Waals surface area contributed by atoms with Crippen molar-refractivity contribution in [3.8, 4) is 23.0 Å². The van der Waals surface area contributed by atoms with E-state index in [9.17, 15) is 0 Å². The molecule has 1 aromatic heterocycles. The molecule has 11 nitrogen and oxygen atoms in total. The standard InChI is InChI=1S/C50H58N2O9/c1-2-16-51-46(15-1)37-52-17-19-53-25-29-58-47-38-7-3-8-39(47)34-43-12-6-14-45-36-41-10-4-9-40(48(41)59-30-26-54-20-18-52)35-44-13-5-11-42(33-38)49(44)60-31-27-56-23-21-55-22-24-57-28-32-61-50(43)45/h1-16H,17-37H2. The van der Waals surface area contributed by atoms with E-state index in [1.165, 1.54) is 0 Å². The zero-order valence-electron chi connectivity index (χ0n) is 35.2. The predicted octanol–water partition coefficient (Wildman–Crippen LogP) is 6.89. The Bertz CT molecular complexity index is 1920. The summed E-state index contributed by atoms with van der Waals surface area (Å²) in [7, 11) is 0. The largest absolute Gasteiger partial charge is 0.491 e. The molecule has 0 fully saturated rings. The number of nitrogens with zero attached hydrogens (tertiary/aromatic N) is 2. The molecule has 0 radical (unpaired) electrons. The second-order valence-electron chi connectivity index (χ2n) is 15.4. The van der Waals surface area contributed by atoms with E-state index < -0.39 is 0 Å². The van der Waals surface area contributed by atoms with E-state index in [1.54, 1.807) is 0 Å². The van der Waals surface area contributed by atoms with Gasteiger partial charge >= 0.3 is 0 Å². The summed E-state index contributed by atoms with van der Waals surface area (Å²) in [5, 5.41) is 0. The van der Waals surface area contributed by atoms with Crippen LogP contribution in [0.1, 0.15) is 50.2 Å². The van der Waals surface area contributed by atoms with Gasteiger partial charge < -0.3 is 42.6 Å². The Morgan fingerprint density at radius 2 is 0.656 bits per heavy atom. The summed E-state index contributed by atoms with van der Waals surface area (Å²) in [5.74, 6) is 3.42. The number of fused-ring (bicyclic) bond motifs is 12. The zero-order valence-corrected chi connectivity index (χ0v) is 35.2. The summed E-state index contributed by atoms with van der Waals surface area (Å²) in [6.07, 6.45) is 4.25. The van der Waals surface area contributed by atoms with Crippen molar-refractivity contribution >= 4 is 0 Å². The molecule has 0 amide bonds. The van der Waals surface area contributed by atoms with E-state index in [1.807, 2.05) is 18.3 Å². The maximum atomic E-state index is 6.80. The smallest absolute Gasteiger partial charge is 0.126 e. The Labute approximate surface area is 359 Å². The first-order chi connectivity index (χ1) is 30.3. The second-order valence-corrected chi connectivity index (χ2v) is 15.4. The highest BCUT2D eigenvalue weighted by Gasteiger charge is 2.22. The summed E-state index contributed by atoms with van der Waals surface area (Å²) in [4.78, 5) is 6.90. The lowest BCUT2D eigenvalue weighted by Gasteiger charge is -2.24. The summed E-state index contributed by atoms with van der Waals surface area (Å²) in [6.45, 7) is 8.52. The van der Waals surface area contributed by atoms with Gasteiger partial charge in [0.05, 0.1) is 71.8 Å². The molecule has 11 heteroatoms. The van der Waals surface area contributed by atoms with Crippen LogP contribution in [0, 0.1) is 0 Å². The Balaban J connectivity index is 1.21. The molecule has 4 aromatic carbocycles. The van der Waals surface area contributed by atoms with Gasteiger partial charge in [0, 0.05) is 51.5 Å². The van der Waals surface area contributed by atoms with E-state index in [0.717, 1.165) is 86.3 Å². The van der Waals surface area contributed by atoms with E-state index in [-0.39, 0.29) is 0 Å². The molecule has 0 spiro atoms. The summed E-state index contributed by atoms with van der Waals surface area (Å²) in [6, 6.07) is 31.8. The molecule has 0 saturated heterocycles. The molecule has 9 rings (SSSR count). The Morgan fingerprint density at radius 3 is 0.967 bits per heavy atom. The van der Waals surface area contributed by atoms with E-state index >= 15 is 0 Å². The first-order valence-electron chi connectivity index (χ1n) is 21.7. The number of aromatic nitrogens is 1. The maximum Gasteiger partial charge on any atom is 0.126 e. The van der Waals surface area contributed by atoms with Crippen LogP contribution in [-0.4, -0.2) is 115 Å². The van der Waals surface area contributed by atoms with Crippen LogP contribution < -0.4 is 18.9 Å². The van der Waals surface area contributed by atoms with E-state index in [0.29, 0.717) is 125 Å². The highest BCUT2D eigenvalue weighted by atomic mass is 16.6. The number of pyridine rings is 1. The van der Waals surface area contributed by atoms with Crippen molar-refractivity contribution in [2.75, 3.05) is 106 Å². The fourth-order valence-corrected chi connectivity index (χ4v) is 8.16. The summed E-state index contributed by atoms with van der Waals surface area (Å²) in [5.41, 5.74) is 9.59. The van der Waals surface area contributed by atoms with Crippen molar-refractivity contribution in [1.29, 1.82) is 0 Å². The normalized spacial score (nSPS) is 18.0. The van der Waals surface area contributed by atoms with Crippen LogP contribution >= 0.6 is 0 Å². The van der Waals surface area contributed by atoms with Crippen molar-refractivity contribution in [3.05, 3.63) is 147 Å². The zero-order chi connectivity index (χ0) is 41.3. The molecule has 12 bridgehead atoms. The van der Waals surface area contributed by atoms with Crippen molar-refractivity contribution in [3.63, 3.8) is 0 Å². The SMILES string of the molecule is c1ccc(CN2CCOCCOc3c4cccc3Cc3cccc5c3OCCOCCOCCOCCOc3c(cccc3Cc3cccc(c3OCCOCC2)C5)C4)nc1. The first kappa shape index (κ1) is 42.7. The number of benzene rings is 4. The van der Waals surface area contributed by atoms with Gasteiger partial charge in [0.2, 0.25) is 0 Å². The van der Waals surface area contributed by atoms with Crippen LogP contribution in [0.15, 0.2) is 97.2 Å². The lowest BCUT2D eigenvalue weighted by molar-refractivity contribution is 0.00484. The molecule has 4 aliphatic rings. The van der Waals surface area contributed by atoms with Gasteiger partial charge in [-0.1, -0.05) is 78.9 Å². The van der Waals surface area contributed by atoms with Gasteiger partial charge in [-0.3, -0.25) is 9.88 Å². The molecule has 4 heterocycles. The third-order valence-corrected chi connectivity index (χ3v) is 11.1. The van der Waals surface area contributed by atoms with Gasteiger partial charge in [0.25, 0.3) is 0 Å². The second kappa shape index (κ2) is 22.7. The average Bonchev–Trinajstić information content (AvgIpc) is 3.27. The van der Waals surface area contributed by atoms with Crippen LogP contribution in [0.3, 0.4) is 0 Å². The lowest BCUT2D eigenvalue weighted by Crippen LogP contribution is -2.31. The number of ether oxygens (including phenoxy) is 9. The van der Waals surface area contributed by atoms with Crippen LogP contribution in [0.2, 0.25) is 0 Å². The molecule has 1 aliphatic carbocycles. The fourth-order valence-electron chi connectivity index (χ4n) is 8.16. The highest BCUT2D eigenvalue weighted by molar-refractivity contribution is 5.56. The van der Waals surface area contributed by atoms with Crippen LogP contribution in [0.4, 0.5) is 0 Å². The topological polar surface area (TPSA) is 99.2 Å². The number of hydrogen-bond donors (Lipinski definition) is 0. The monoisotopic (exact) mass is 830 g/mol. The van der Waals surface area contributed by atoms with Crippen molar-refractivity contribution in [2.45, 2.75) is 32.2 Å². The fraction of sp³-hybridized carbons (Fsp3) is 0.420. The van der Waals surface area contributed by atoms with Gasteiger partial charge in [-0.25, -0.2) is 0 Å². The Hall–Kier alpha value is -5.01. The molecule has 0 unspecified atom stereocenters. The van der Waals surface area contributed by atoms with E-state index in [4.69, 9.17) is 42.6 Å². The summed E-state index contributed by atoms with van der Waals surface area (Å²) >= 11 is 0. The quantitative estimate of drug-likeness (QED) is 0.171. The molecule has 0 N–H and O–H groups in total. The van der Waals surface area contributed by atoms with Crippen molar-refractivity contribution < 1.29 is 42.6 Å². The maximum absolute atomic E-state index is 6.80. The Morgan fingerprint density at radius 1 is 0.344 bits per heavy atom. The lowest BCUT2D eigenvalue weighted by atomic mass is 9.91. The number of rotatable bonds is 2. The van der Waals surface area contributed by atoms with Gasteiger partial charge in [-0.2, -0.15) is 0 Å². The van der Waals surface area contributed by atoms with Gasteiger partial charge in [-0.15, -0.1) is 0 Å². The minimum atomic E-state index is 0.394. The van der Waals surface area contributed by atoms with Gasteiger partial charge in [0.15, 0.2) is 0 Å². The third-order valence-electron chi connectivity index (χ3n) is 11.1. The van der Waals surface area contributed by atoms with E-state index in [2.05, 4.69) is 88.7 Å². The van der Waals surface area contributed by atoms with Crippen molar-refractivity contribution in [1.82, 2.24) is 9.88 Å². The summed E-state index contributed by atoms with van der Waals surface area (Å²) < 4.78 is 57.2. The minimum Gasteiger partial charge on any atom is -0.491 e. The van der Waals surface area contributed by atoms with Crippen LogP contribution in [-0.2, 0) is 55.9 Å². The number of hydrogen-bond acceptors (Lipinski definition) is 11. The first-order valence-corrected chi connectivity index (χ1v) is 21.7. The molecule has 5 aromatic rings. The van der Waals surface area contributed by atoms with Gasteiger partial charge in [0.1, 0.15) is 49.4 Å². The van der Waals surface area contributed by atoms with Crippen LogP contribution in [0.5, 0.6) is 23.0 Å². The van der Waals surface area contributed by atoms with Crippen LogP contribution in [0.25, 0.3) is 0 Å². The van der Waals surface area contributed by atoms with Gasteiger partial charge in [-0.05, 0) is 56.6 Å². The molecule has 322 valence electrons. The molecular formula is C50H58N2O9. The third kappa shape index (κ3) is 12.1. The molecular weight excluding hydrogens is 773 g/mol. The van der Waals surface area contributed by atoms with Crippen molar-refractivity contribution in [2.24, 2.45) is 0 Å².